The number of nitrogens with one attached hydrogen (secondary N) is 1. The number of carbonyl (C=O) groups excluding carboxylic acids is 2. The van der Waals surface area contributed by atoms with Gasteiger partial charge < -0.3 is 20.3 Å². The molecule has 0 bridgehead atoms. The summed E-state index contributed by atoms with van der Waals surface area (Å²) in [6.07, 6.45) is 94.9. The van der Waals surface area contributed by atoms with Gasteiger partial charge in [-0.3, -0.25) is 9.59 Å². The Balaban J connectivity index is 3.31. The Morgan fingerprint density at radius 3 is 0.709 bits per heavy atom. The Labute approximate surface area is 540 Å². The highest BCUT2D eigenvalue weighted by Gasteiger charge is 2.20. The van der Waals surface area contributed by atoms with Crippen LogP contribution in [0.25, 0.3) is 0 Å². The second-order valence-corrected chi connectivity index (χ2v) is 28.1. The SMILES string of the molecule is CCCCCCCCCCCCCCCCCCCCCCCC(O)C(CO)NC(=O)CCCCCCCCCCCCCCCCCCCCCCCCCCCCCCCCCCOC(=O)CCCCCCCCCCCCCCCCCC. The van der Waals surface area contributed by atoms with Gasteiger partial charge in [0.15, 0.2) is 0 Å². The second kappa shape index (κ2) is 76.3. The van der Waals surface area contributed by atoms with Crippen molar-refractivity contribution >= 4 is 11.9 Å². The standard InChI is InChI=1S/C80H159NO5/c1-3-5-7-9-11-13-15-17-19-21-22-35-38-41-44-48-52-56-60-64-68-72-78(83)77(76-82)81-79(84)73-69-65-61-57-53-49-45-42-39-36-33-31-29-27-25-23-24-26-28-30-32-34-37-40-43-47-51-55-59-63-67-71-75-86-80(85)74-70-66-62-58-54-50-46-20-18-16-14-12-10-8-6-4-2/h77-78,82-83H,3-76H2,1-2H3,(H,81,84). The Morgan fingerprint density at radius 1 is 0.279 bits per heavy atom. The van der Waals surface area contributed by atoms with Crippen molar-refractivity contribution in [2.24, 2.45) is 0 Å². The highest BCUT2D eigenvalue weighted by atomic mass is 16.5. The van der Waals surface area contributed by atoms with Crippen LogP contribution >= 0.6 is 0 Å². The highest BCUT2D eigenvalue weighted by molar-refractivity contribution is 5.76. The van der Waals surface area contributed by atoms with E-state index >= 15 is 0 Å². The largest absolute Gasteiger partial charge is 0.466 e. The summed E-state index contributed by atoms with van der Waals surface area (Å²) in [5.41, 5.74) is 0. The minimum Gasteiger partial charge on any atom is -0.466 e. The maximum Gasteiger partial charge on any atom is 0.305 e. The summed E-state index contributed by atoms with van der Waals surface area (Å²) in [7, 11) is 0. The molecule has 1 amide bonds. The molecule has 0 fully saturated rings. The van der Waals surface area contributed by atoms with Crippen LogP contribution in [0.1, 0.15) is 476 Å². The molecule has 0 aliphatic rings. The average molecular weight is 1220 g/mol. The summed E-state index contributed by atoms with van der Waals surface area (Å²) in [5.74, 6) is 0.00201. The predicted octanol–water partition coefficient (Wildman–Crippen LogP) is 26.5. The van der Waals surface area contributed by atoms with Crippen molar-refractivity contribution in [2.75, 3.05) is 13.2 Å². The molecule has 514 valence electrons. The van der Waals surface area contributed by atoms with E-state index < -0.39 is 12.1 Å². The van der Waals surface area contributed by atoms with Crippen molar-refractivity contribution in [1.29, 1.82) is 0 Å². The van der Waals surface area contributed by atoms with E-state index in [0.717, 1.165) is 38.5 Å². The molecule has 0 spiro atoms. The van der Waals surface area contributed by atoms with E-state index in [0.29, 0.717) is 25.9 Å². The van der Waals surface area contributed by atoms with Crippen LogP contribution in [0.3, 0.4) is 0 Å². The Bertz CT molecular complexity index is 1260. The van der Waals surface area contributed by atoms with Gasteiger partial charge in [0.05, 0.1) is 25.4 Å². The number of esters is 1. The van der Waals surface area contributed by atoms with Gasteiger partial charge in [-0.2, -0.15) is 0 Å². The number of ether oxygens (including phenoxy) is 1. The molecule has 0 saturated heterocycles. The molecule has 0 aromatic carbocycles. The van der Waals surface area contributed by atoms with Crippen LogP contribution in [0, 0.1) is 0 Å². The van der Waals surface area contributed by atoms with Crippen molar-refractivity contribution < 1.29 is 24.5 Å². The van der Waals surface area contributed by atoms with E-state index in [1.807, 2.05) is 0 Å². The number of rotatable bonds is 77. The van der Waals surface area contributed by atoms with Gasteiger partial charge in [-0.15, -0.1) is 0 Å². The smallest absolute Gasteiger partial charge is 0.305 e. The van der Waals surface area contributed by atoms with Crippen molar-refractivity contribution in [2.45, 2.75) is 488 Å². The molecule has 0 aliphatic heterocycles. The first kappa shape index (κ1) is 84.9. The van der Waals surface area contributed by atoms with Crippen LogP contribution in [0.15, 0.2) is 0 Å². The van der Waals surface area contributed by atoms with Gasteiger partial charge in [-0.25, -0.2) is 0 Å². The first-order chi connectivity index (χ1) is 42.5. The molecule has 0 heterocycles. The van der Waals surface area contributed by atoms with Crippen molar-refractivity contribution in [3.05, 3.63) is 0 Å². The van der Waals surface area contributed by atoms with Gasteiger partial charge in [-0.1, -0.05) is 438 Å². The molecule has 6 nitrogen and oxygen atoms in total. The third-order valence-corrected chi connectivity index (χ3v) is 19.4. The fraction of sp³-hybridized carbons (Fsp3) is 0.975. The molecule has 6 heteroatoms. The number of carbonyl (C=O) groups is 2. The molecule has 0 rings (SSSR count). The van der Waals surface area contributed by atoms with E-state index in [2.05, 4.69) is 19.2 Å². The number of aliphatic hydroxyl groups excluding tert-OH is 2. The van der Waals surface area contributed by atoms with E-state index in [1.165, 1.54) is 405 Å². The van der Waals surface area contributed by atoms with E-state index in [4.69, 9.17) is 4.74 Å². The Morgan fingerprint density at radius 2 is 0.477 bits per heavy atom. The molecule has 0 radical (unpaired) electrons. The second-order valence-electron chi connectivity index (χ2n) is 28.1. The van der Waals surface area contributed by atoms with Crippen molar-refractivity contribution in [3.8, 4) is 0 Å². The van der Waals surface area contributed by atoms with Gasteiger partial charge in [-0.05, 0) is 25.7 Å². The molecule has 3 N–H and O–H groups in total. The van der Waals surface area contributed by atoms with E-state index in [1.54, 1.807) is 0 Å². The number of unbranched alkanes of at least 4 members (excludes halogenated alkanes) is 66. The Kier molecular flexibility index (Phi) is 75.3. The van der Waals surface area contributed by atoms with Gasteiger partial charge in [0.2, 0.25) is 5.91 Å². The van der Waals surface area contributed by atoms with Crippen LogP contribution in [-0.4, -0.2) is 47.4 Å². The molecule has 0 saturated carbocycles. The number of aliphatic hydroxyl groups is 2. The quantitative estimate of drug-likeness (QED) is 0.0417. The van der Waals surface area contributed by atoms with Crippen LogP contribution in [-0.2, 0) is 14.3 Å². The maximum atomic E-state index is 12.6. The zero-order chi connectivity index (χ0) is 62.0. The molecule has 2 unspecified atom stereocenters. The van der Waals surface area contributed by atoms with Crippen molar-refractivity contribution in [1.82, 2.24) is 5.32 Å². The monoisotopic (exact) mass is 1210 g/mol. The third-order valence-electron chi connectivity index (χ3n) is 19.4. The summed E-state index contributed by atoms with van der Waals surface area (Å²) in [4.78, 5) is 24.7. The average Bonchev–Trinajstić information content (AvgIpc) is 3.58. The summed E-state index contributed by atoms with van der Waals surface area (Å²) in [6.45, 7) is 5.02. The lowest BCUT2D eigenvalue weighted by Crippen LogP contribution is -2.45. The van der Waals surface area contributed by atoms with Gasteiger partial charge in [0.25, 0.3) is 0 Å². The fourth-order valence-corrected chi connectivity index (χ4v) is 13.3. The first-order valence-corrected chi connectivity index (χ1v) is 40.3. The van der Waals surface area contributed by atoms with Crippen LogP contribution in [0.2, 0.25) is 0 Å². The lowest BCUT2D eigenvalue weighted by molar-refractivity contribution is -0.143. The van der Waals surface area contributed by atoms with Crippen LogP contribution in [0.5, 0.6) is 0 Å². The molecule has 0 aromatic rings. The minimum atomic E-state index is -0.661. The van der Waals surface area contributed by atoms with Gasteiger partial charge >= 0.3 is 5.97 Å². The Hall–Kier alpha value is -1.14. The van der Waals surface area contributed by atoms with Gasteiger partial charge in [0.1, 0.15) is 0 Å². The lowest BCUT2D eigenvalue weighted by atomic mass is 10.0. The third kappa shape index (κ3) is 71.9. The van der Waals surface area contributed by atoms with Crippen LogP contribution in [0.4, 0.5) is 0 Å². The molecular formula is C80H159NO5. The molecule has 0 aliphatic carbocycles. The summed E-state index contributed by atoms with van der Waals surface area (Å²) < 4.78 is 5.51. The molecule has 0 aromatic heterocycles. The van der Waals surface area contributed by atoms with E-state index in [-0.39, 0.29) is 18.5 Å². The zero-order valence-corrected chi connectivity index (χ0v) is 59.1. The topological polar surface area (TPSA) is 95.9 Å². The summed E-state index contributed by atoms with van der Waals surface area (Å²) in [6, 6.07) is -0.538. The molecular weight excluding hydrogens is 1050 g/mol. The van der Waals surface area contributed by atoms with E-state index in [9.17, 15) is 19.8 Å². The number of hydrogen-bond acceptors (Lipinski definition) is 5. The summed E-state index contributed by atoms with van der Waals surface area (Å²) >= 11 is 0. The first-order valence-electron chi connectivity index (χ1n) is 40.3. The maximum absolute atomic E-state index is 12.6. The zero-order valence-electron chi connectivity index (χ0n) is 59.1. The predicted molar refractivity (Wildman–Crippen MR) is 380 cm³/mol. The van der Waals surface area contributed by atoms with Crippen molar-refractivity contribution in [3.63, 3.8) is 0 Å². The minimum absolute atomic E-state index is 0.0243. The fourth-order valence-electron chi connectivity index (χ4n) is 13.3. The normalized spacial score (nSPS) is 12.4. The van der Waals surface area contributed by atoms with Crippen LogP contribution < -0.4 is 5.32 Å². The number of hydrogen-bond donors (Lipinski definition) is 3. The molecule has 86 heavy (non-hydrogen) atoms. The summed E-state index contributed by atoms with van der Waals surface area (Å²) in [5, 5.41) is 23.5. The lowest BCUT2D eigenvalue weighted by Gasteiger charge is -2.22. The highest BCUT2D eigenvalue weighted by Crippen LogP contribution is 2.21. The van der Waals surface area contributed by atoms with Gasteiger partial charge in [0, 0.05) is 12.8 Å². The number of amides is 1. The molecule has 2 atom stereocenters.